The van der Waals surface area contributed by atoms with E-state index in [9.17, 15) is 19.6 Å². The Balaban J connectivity index is 1.91. The summed E-state index contributed by atoms with van der Waals surface area (Å²) in [6, 6.07) is 16.4. The van der Waals surface area contributed by atoms with Crippen molar-refractivity contribution in [2.45, 2.75) is 26.2 Å². The van der Waals surface area contributed by atoms with Gasteiger partial charge >= 0.3 is 5.97 Å². The van der Waals surface area contributed by atoms with Crippen LogP contribution < -0.4 is 10.6 Å². The maximum absolute atomic E-state index is 13.0. The summed E-state index contributed by atoms with van der Waals surface area (Å²) in [5.74, 6) is -3.89. The molecule has 0 radical (unpaired) electrons. The summed E-state index contributed by atoms with van der Waals surface area (Å²) < 4.78 is 5.11. The molecule has 1 aliphatic rings. The number of esters is 1. The highest BCUT2D eigenvalue weighted by molar-refractivity contribution is 8.03. The van der Waals surface area contributed by atoms with Crippen molar-refractivity contribution in [1.29, 1.82) is 5.26 Å². The van der Waals surface area contributed by atoms with Crippen LogP contribution in [-0.2, 0) is 25.5 Å². The van der Waals surface area contributed by atoms with E-state index < -0.39 is 23.7 Å². The Morgan fingerprint density at radius 3 is 2.56 bits per heavy atom. The molecule has 3 rings (SSSR count). The zero-order valence-electron chi connectivity index (χ0n) is 18.8. The van der Waals surface area contributed by atoms with Gasteiger partial charge in [-0.25, -0.2) is 0 Å². The molecule has 0 spiro atoms. The number of ether oxygens (including phenoxy) is 1. The molecule has 0 bridgehead atoms. The summed E-state index contributed by atoms with van der Waals surface area (Å²) in [6.07, 6.45) is 0.762. The van der Waals surface area contributed by atoms with Gasteiger partial charge < -0.3 is 15.4 Å². The van der Waals surface area contributed by atoms with Crippen LogP contribution in [0, 0.1) is 17.2 Å². The molecule has 0 unspecified atom stereocenters. The van der Waals surface area contributed by atoms with Gasteiger partial charge in [-0.3, -0.25) is 14.4 Å². The summed E-state index contributed by atoms with van der Waals surface area (Å²) in [4.78, 5) is 38.3. The molecule has 176 valence electrons. The van der Waals surface area contributed by atoms with E-state index in [4.69, 9.17) is 16.3 Å². The zero-order chi connectivity index (χ0) is 24.7. The Morgan fingerprint density at radius 2 is 1.88 bits per heavy atom. The van der Waals surface area contributed by atoms with E-state index >= 15 is 0 Å². The molecule has 2 atom stereocenters. The highest BCUT2D eigenvalue weighted by Crippen LogP contribution is 2.42. The Morgan fingerprint density at radius 1 is 1.18 bits per heavy atom. The largest absolute Gasteiger partial charge is 0.465 e. The predicted molar refractivity (Wildman–Crippen MR) is 132 cm³/mol. The number of carbonyl (C=O) groups excluding carboxylic acids is 3. The average molecular weight is 498 g/mol. The van der Waals surface area contributed by atoms with E-state index in [0.29, 0.717) is 16.3 Å². The van der Waals surface area contributed by atoms with Crippen LogP contribution in [0.4, 0.5) is 5.69 Å². The van der Waals surface area contributed by atoms with Crippen molar-refractivity contribution in [2.24, 2.45) is 5.92 Å². The fraction of sp³-hybridized carbons (Fsp3) is 0.280. The van der Waals surface area contributed by atoms with E-state index in [-0.39, 0.29) is 28.9 Å². The summed E-state index contributed by atoms with van der Waals surface area (Å²) >= 11 is 7.41. The Bertz CT molecular complexity index is 1170. The van der Waals surface area contributed by atoms with Crippen LogP contribution in [0.15, 0.2) is 59.1 Å². The molecule has 2 aromatic rings. The average Bonchev–Trinajstić information content (AvgIpc) is 2.83. The Hall–Kier alpha value is -3.28. The van der Waals surface area contributed by atoms with E-state index in [1.54, 1.807) is 31.2 Å². The maximum Gasteiger partial charge on any atom is 0.319 e. The number of hydrogen-bond acceptors (Lipinski definition) is 6. The second-order valence-corrected chi connectivity index (χ2v) is 8.81. The lowest BCUT2D eigenvalue weighted by molar-refractivity contribution is -0.152. The van der Waals surface area contributed by atoms with Crippen molar-refractivity contribution in [3.05, 3.63) is 75.3 Å². The molecule has 1 heterocycles. The number of benzene rings is 2. The first kappa shape index (κ1) is 25.3. The standard InChI is InChI=1S/C25H24ClN3O4S/c1-3-15-9-5-8-12-19(15)28-20(30)14-34-24-17(13-27)21(16-10-6-7-11-18(16)26)22(23(31)29-24)25(32)33-4-2/h5-12,21-22H,3-4,14H2,1-2H3,(H,28,30)(H,29,31)/t21-,22-/m1/s1. The van der Waals surface area contributed by atoms with Gasteiger partial charge in [-0.05, 0) is 36.6 Å². The smallest absolute Gasteiger partial charge is 0.319 e. The van der Waals surface area contributed by atoms with Crippen molar-refractivity contribution in [1.82, 2.24) is 5.32 Å². The first-order valence-electron chi connectivity index (χ1n) is 10.8. The first-order chi connectivity index (χ1) is 16.4. The quantitative estimate of drug-likeness (QED) is 0.413. The molecule has 0 saturated carbocycles. The molecule has 2 amide bonds. The topological polar surface area (TPSA) is 108 Å². The predicted octanol–water partition coefficient (Wildman–Crippen LogP) is 4.40. The van der Waals surface area contributed by atoms with E-state index in [1.807, 2.05) is 31.2 Å². The maximum atomic E-state index is 13.0. The molecule has 1 aliphatic heterocycles. The molecule has 0 fully saturated rings. The SMILES string of the molecule is CCOC(=O)[C@H]1C(=O)NC(SCC(=O)Nc2ccccc2CC)=C(C#N)[C@H]1c1ccccc1Cl. The number of anilines is 1. The van der Waals surface area contributed by atoms with Gasteiger partial charge in [0, 0.05) is 16.6 Å². The van der Waals surface area contributed by atoms with Crippen molar-refractivity contribution in [3.8, 4) is 6.07 Å². The normalized spacial score (nSPS) is 17.5. The highest BCUT2D eigenvalue weighted by atomic mass is 35.5. The number of halogens is 1. The first-order valence-corrected chi connectivity index (χ1v) is 12.1. The number of nitriles is 1. The number of nitrogens with zero attached hydrogens (tertiary/aromatic N) is 1. The lowest BCUT2D eigenvalue weighted by atomic mass is 9.78. The van der Waals surface area contributed by atoms with Gasteiger partial charge in [-0.1, -0.05) is 66.7 Å². The van der Waals surface area contributed by atoms with Crippen molar-refractivity contribution < 1.29 is 19.1 Å². The number of amides is 2. The van der Waals surface area contributed by atoms with Gasteiger partial charge in [0.25, 0.3) is 0 Å². The lowest BCUT2D eigenvalue weighted by Crippen LogP contribution is -2.44. The number of carbonyl (C=O) groups is 3. The van der Waals surface area contributed by atoms with E-state index in [1.165, 1.54) is 0 Å². The molecule has 2 aromatic carbocycles. The summed E-state index contributed by atoms with van der Waals surface area (Å²) in [5.41, 5.74) is 2.33. The van der Waals surface area contributed by atoms with E-state index in [0.717, 1.165) is 23.7 Å². The minimum atomic E-state index is -1.27. The van der Waals surface area contributed by atoms with Crippen LogP contribution in [-0.4, -0.2) is 30.1 Å². The van der Waals surface area contributed by atoms with Gasteiger partial charge in [0.1, 0.15) is 5.92 Å². The Kier molecular flexibility index (Phi) is 8.74. The fourth-order valence-electron chi connectivity index (χ4n) is 3.76. The van der Waals surface area contributed by atoms with Gasteiger partial charge in [0.2, 0.25) is 11.8 Å². The van der Waals surface area contributed by atoms with Gasteiger partial charge in [-0.2, -0.15) is 5.26 Å². The summed E-state index contributed by atoms with van der Waals surface area (Å²) in [5, 5.41) is 16.0. The Labute approximate surface area is 207 Å². The zero-order valence-corrected chi connectivity index (χ0v) is 20.3. The second kappa shape index (κ2) is 11.7. The number of aryl methyl sites for hydroxylation is 1. The van der Waals surface area contributed by atoms with Crippen LogP contribution in [0.2, 0.25) is 5.02 Å². The van der Waals surface area contributed by atoms with Crippen molar-refractivity contribution in [3.63, 3.8) is 0 Å². The van der Waals surface area contributed by atoms with Crippen LogP contribution in [0.3, 0.4) is 0 Å². The van der Waals surface area contributed by atoms with Crippen molar-refractivity contribution in [2.75, 3.05) is 17.7 Å². The molecular formula is C25H24ClN3O4S. The molecular weight excluding hydrogens is 474 g/mol. The van der Waals surface area contributed by atoms with Crippen LogP contribution in [0.1, 0.15) is 30.9 Å². The number of allylic oxidation sites excluding steroid dienone is 1. The third-order valence-electron chi connectivity index (χ3n) is 5.33. The highest BCUT2D eigenvalue weighted by Gasteiger charge is 2.45. The van der Waals surface area contributed by atoms with Crippen LogP contribution >= 0.6 is 23.4 Å². The van der Waals surface area contributed by atoms with Gasteiger partial charge in [0.15, 0.2) is 0 Å². The van der Waals surface area contributed by atoms with Crippen LogP contribution in [0.25, 0.3) is 0 Å². The molecule has 2 N–H and O–H groups in total. The minimum Gasteiger partial charge on any atom is -0.465 e. The molecule has 0 saturated heterocycles. The van der Waals surface area contributed by atoms with E-state index in [2.05, 4.69) is 16.7 Å². The second-order valence-electron chi connectivity index (χ2n) is 7.42. The number of nitrogens with one attached hydrogen (secondary N) is 2. The molecule has 34 heavy (non-hydrogen) atoms. The summed E-state index contributed by atoms with van der Waals surface area (Å²) in [6.45, 7) is 3.72. The molecule has 0 aromatic heterocycles. The third-order valence-corrected chi connectivity index (χ3v) is 6.69. The van der Waals surface area contributed by atoms with Gasteiger partial charge in [0.05, 0.1) is 29.0 Å². The fourth-order valence-corrected chi connectivity index (χ4v) is 4.86. The number of hydrogen-bond donors (Lipinski definition) is 2. The molecule has 9 heteroatoms. The minimum absolute atomic E-state index is 0.0435. The van der Waals surface area contributed by atoms with Crippen LogP contribution in [0.5, 0.6) is 0 Å². The monoisotopic (exact) mass is 497 g/mol. The van der Waals surface area contributed by atoms with Crippen molar-refractivity contribution >= 4 is 46.8 Å². The molecule has 0 aliphatic carbocycles. The third kappa shape index (κ3) is 5.61. The number of para-hydroxylation sites is 1. The molecule has 7 nitrogen and oxygen atoms in total. The lowest BCUT2D eigenvalue weighted by Gasteiger charge is -2.31. The number of thioether (sulfide) groups is 1. The number of rotatable bonds is 8. The van der Waals surface area contributed by atoms with Gasteiger partial charge in [-0.15, -0.1) is 0 Å². The summed E-state index contributed by atoms with van der Waals surface area (Å²) in [7, 11) is 0.